The molecule has 2 N–H and O–H groups in total. The average molecular weight is 253 g/mol. The second-order valence-corrected chi connectivity index (χ2v) is 4.90. The first-order valence-corrected chi connectivity index (χ1v) is 7.32. The van der Waals surface area contributed by atoms with Gasteiger partial charge < -0.3 is 5.32 Å². The Hall–Kier alpha value is -0.970. The first kappa shape index (κ1) is 15.1. The van der Waals surface area contributed by atoms with Gasteiger partial charge in [0, 0.05) is 6.04 Å². The van der Waals surface area contributed by atoms with Crippen LogP contribution in [0.4, 0.5) is 0 Å². The van der Waals surface area contributed by atoms with Gasteiger partial charge in [-0.25, -0.2) is 0 Å². The van der Waals surface area contributed by atoms with Gasteiger partial charge in [0.15, 0.2) is 5.82 Å². The molecular formula is C13H27N5. The normalized spacial score (nSPS) is 11.3. The van der Waals surface area contributed by atoms with Crippen molar-refractivity contribution in [3.63, 3.8) is 0 Å². The summed E-state index contributed by atoms with van der Waals surface area (Å²) in [5.74, 6) is 0.756. The first-order chi connectivity index (χ1) is 8.86. The molecule has 0 atom stereocenters. The molecule has 1 aromatic heterocycles. The zero-order valence-corrected chi connectivity index (χ0v) is 11.8. The Balaban J connectivity index is 2.23. The van der Waals surface area contributed by atoms with E-state index in [9.17, 15) is 0 Å². The third-order valence-corrected chi connectivity index (χ3v) is 3.25. The highest BCUT2D eigenvalue weighted by molar-refractivity contribution is 4.77. The van der Waals surface area contributed by atoms with E-state index >= 15 is 0 Å². The van der Waals surface area contributed by atoms with E-state index < -0.39 is 0 Å². The van der Waals surface area contributed by atoms with Crippen molar-refractivity contribution in [2.45, 2.75) is 77.8 Å². The highest BCUT2D eigenvalue weighted by atomic mass is 15.5. The molecule has 5 heteroatoms. The van der Waals surface area contributed by atoms with E-state index in [1.54, 1.807) is 0 Å². The molecule has 0 fully saturated rings. The van der Waals surface area contributed by atoms with E-state index in [-0.39, 0.29) is 0 Å². The van der Waals surface area contributed by atoms with Gasteiger partial charge in [-0.3, -0.25) is 0 Å². The van der Waals surface area contributed by atoms with Crippen LogP contribution in [0.5, 0.6) is 0 Å². The minimum Gasteiger partial charge on any atom is -0.307 e. The van der Waals surface area contributed by atoms with Crippen LogP contribution in [0.2, 0.25) is 0 Å². The molecule has 0 saturated heterocycles. The molecule has 0 saturated carbocycles. The minimum absolute atomic E-state index is 0.599. The third kappa shape index (κ3) is 6.69. The van der Waals surface area contributed by atoms with Crippen LogP contribution in [0.15, 0.2) is 0 Å². The predicted octanol–water partition coefficient (Wildman–Crippen LogP) is 2.82. The standard InChI is InChI=1S/C13H27N5/c1-3-5-7-9-12(10-8-6-4-2)14-11-13-15-17-18-16-13/h12,14H,3-11H2,1-2H3,(H,15,16,17,18). The van der Waals surface area contributed by atoms with Gasteiger partial charge in [-0.05, 0) is 12.8 Å². The lowest BCUT2D eigenvalue weighted by Crippen LogP contribution is -2.29. The predicted molar refractivity (Wildman–Crippen MR) is 73.1 cm³/mol. The lowest BCUT2D eigenvalue weighted by molar-refractivity contribution is 0.413. The molecule has 0 aliphatic heterocycles. The van der Waals surface area contributed by atoms with E-state index in [2.05, 4.69) is 39.8 Å². The molecule has 1 aromatic rings. The Morgan fingerprint density at radius 3 is 2.22 bits per heavy atom. The number of aromatic nitrogens is 4. The van der Waals surface area contributed by atoms with E-state index in [0.717, 1.165) is 12.4 Å². The summed E-state index contributed by atoms with van der Waals surface area (Å²) in [6, 6.07) is 0.599. The second kappa shape index (κ2) is 10.00. The average Bonchev–Trinajstić information content (AvgIpc) is 2.89. The SMILES string of the molecule is CCCCCC(CCCCC)NCc1nn[nH]n1. The number of rotatable bonds is 11. The van der Waals surface area contributed by atoms with Crippen molar-refractivity contribution in [3.05, 3.63) is 5.82 Å². The van der Waals surface area contributed by atoms with Gasteiger partial charge in [-0.1, -0.05) is 57.6 Å². The van der Waals surface area contributed by atoms with Gasteiger partial charge in [-0.2, -0.15) is 5.21 Å². The topological polar surface area (TPSA) is 66.5 Å². The number of unbranched alkanes of at least 4 members (excludes halogenated alkanes) is 4. The fourth-order valence-electron chi connectivity index (χ4n) is 2.12. The number of tetrazole rings is 1. The molecule has 1 rings (SSSR count). The summed E-state index contributed by atoms with van der Waals surface area (Å²) in [4.78, 5) is 0. The Labute approximate surface area is 110 Å². The molecular weight excluding hydrogens is 226 g/mol. The summed E-state index contributed by atoms with van der Waals surface area (Å²) in [5, 5.41) is 17.6. The van der Waals surface area contributed by atoms with Crippen LogP contribution in [0, 0.1) is 0 Å². The van der Waals surface area contributed by atoms with Crippen LogP contribution in [-0.2, 0) is 6.54 Å². The number of hydrogen-bond acceptors (Lipinski definition) is 4. The van der Waals surface area contributed by atoms with Crippen LogP contribution in [0.3, 0.4) is 0 Å². The van der Waals surface area contributed by atoms with E-state index in [4.69, 9.17) is 0 Å². The van der Waals surface area contributed by atoms with Crippen molar-refractivity contribution in [1.82, 2.24) is 25.9 Å². The summed E-state index contributed by atoms with van der Waals surface area (Å²) in [5.41, 5.74) is 0. The Morgan fingerprint density at radius 1 is 1.06 bits per heavy atom. The maximum Gasteiger partial charge on any atom is 0.188 e. The van der Waals surface area contributed by atoms with E-state index in [1.807, 2.05) is 0 Å². The largest absolute Gasteiger partial charge is 0.307 e. The number of hydrogen-bond donors (Lipinski definition) is 2. The number of H-pyrrole nitrogens is 1. The fraction of sp³-hybridized carbons (Fsp3) is 0.923. The summed E-state index contributed by atoms with van der Waals surface area (Å²) < 4.78 is 0. The quantitative estimate of drug-likeness (QED) is 0.595. The molecule has 0 aromatic carbocycles. The highest BCUT2D eigenvalue weighted by Gasteiger charge is 2.09. The van der Waals surface area contributed by atoms with E-state index in [0.29, 0.717) is 6.04 Å². The molecule has 0 aliphatic rings. The zero-order chi connectivity index (χ0) is 13.1. The van der Waals surface area contributed by atoms with Crippen LogP contribution in [-0.4, -0.2) is 26.7 Å². The van der Waals surface area contributed by atoms with Crippen molar-refractivity contribution in [2.24, 2.45) is 0 Å². The molecule has 1 heterocycles. The summed E-state index contributed by atoms with van der Waals surface area (Å²) in [7, 11) is 0. The van der Waals surface area contributed by atoms with Gasteiger partial charge in [0.2, 0.25) is 0 Å². The molecule has 0 amide bonds. The smallest absolute Gasteiger partial charge is 0.188 e. The summed E-state index contributed by atoms with van der Waals surface area (Å²) >= 11 is 0. The van der Waals surface area contributed by atoms with Crippen molar-refractivity contribution >= 4 is 0 Å². The Morgan fingerprint density at radius 2 is 1.72 bits per heavy atom. The van der Waals surface area contributed by atoms with Crippen LogP contribution >= 0.6 is 0 Å². The third-order valence-electron chi connectivity index (χ3n) is 3.25. The molecule has 0 unspecified atom stereocenters. The molecule has 104 valence electrons. The van der Waals surface area contributed by atoms with Crippen LogP contribution < -0.4 is 5.32 Å². The maximum atomic E-state index is 3.97. The summed E-state index contributed by atoms with van der Waals surface area (Å²) in [6.45, 7) is 5.22. The van der Waals surface area contributed by atoms with Crippen LogP contribution in [0.1, 0.15) is 71.0 Å². The maximum absolute atomic E-state index is 3.97. The first-order valence-electron chi connectivity index (χ1n) is 7.32. The van der Waals surface area contributed by atoms with Gasteiger partial charge in [0.25, 0.3) is 0 Å². The lowest BCUT2D eigenvalue weighted by atomic mass is 10.0. The minimum atomic E-state index is 0.599. The monoisotopic (exact) mass is 253 g/mol. The summed E-state index contributed by atoms with van der Waals surface area (Å²) in [6.07, 6.45) is 10.4. The molecule has 0 aliphatic carbocycles. The van der Waals surface area contributed by atoms with Crippen molar-refractivity contribution < 1.29 is 0 Å². The van der Waals surface area contributed by atoms with E-state index in [1.165, 1.54) is 51.4 Å². The fourth-order valence-corrected chi connectivity index (χ4v) is 2.12. The Kier molecular flexibility index (Phi) is 8.38. The molecule has 0 spiro atoms. The lowest BCUT2D eigenvalue weighted by Gasteiger charge is -2.17. The number of nitrogens with zero attached hydrogens (tertiary/aromatic N) is 3. The highest BCUT2D eigenvalue weighted by Crippen LogP contribution is 2.11. The van der Waals surface area contributed by atoms with Gasteiger partial charge in [0.1, 0.15) is 0 Å². The molecule has 18 heavy (non-hydrogen) atoms. The number of nitrogens with one attached hydrogen (secondary N) is 2. The second-order valence-electron chi connectivity index (χ2n) is 4.90. The van der Waals surface area contributed by atoms with Gasteiger partial charge in [0.05, 0.1) is 6.54 Å². The van der Waals surface area contributed by atoms with Crippen molar-refractivity contribution in [3.8, 4) is 0 Å². The Bertz CT molecular complexity index is 263. The van der Waals surface area contributed by atoms with Crippen molar-refractivity contribution in [2.75, 3.05) is 0 Å². The number of aromatic amines is 1. The van der Waals surface area contributed by atoms with Gasteiger partial charge in [-0.15, -0.1) is 10.2 Å². The molecule has 0 radical (unpaired) electrons. The molecule has 5 nitrogen and oxygen atoms in total. The zero-order valence-electron chi connectivity index (χ0n) is 11.8. The van der Waals surface area contributed by atoms with Gasteiger partial charge >= 0.3 is 0 Å². The van der Waals surface area contributed by atoms with Crippen molar-refractivity contribution in [1.29, 1.82) is 0 Å². The van der Waals surface area contributed by atoms with Crippen LogP contribution in [0.25, 0.3) is 0 Å². The molecule has 0 bridgehead atoms.